The number of aryl methyl sites for hydroxylation is 2. The van der Waals surface area contributed by atoms with Gasteiger partial charge in [0.1, 0.15) is 5.75 Å². The van der Waals surface area contributed by atoms with Gasteiger partial charge in [0.05, 0.1) is 16.3 Å². The van der Waals surface area contributed by atoms with Gasteiger partial charge in [0.15, 0.2) is 11.8 Å². The van der Waals surface area contributed by atoms with Crippen LogP contribution in [0.25, 0.3) is 6.08 Å². The molecule has 0 unspecified atom stereocenters. The van der Waals surface area contributed by atoms with Crippen molar-refractivity contribution in [1.29, 1.82) is 0 Å². The van der Waals surface area contributed by atoms with Crippen molar-refractivity contribution in [3.05, 3.63) is 94.4 Å². The molecule has 0 bridgehead atoms. The number of amidine groups is 1. The van der Waals surface area contributed by atoms with Crippen LogP contribution in [0.3, 0.4) is 0 Å². The number of hydrogen-bond acceptors (Lipinski definition) is 5. The number of rotatable bonds is 6. The number of anilines is 1. The predicted molar refractivity (Wildman–Crippen MR) is 132 cm³/mol. The highest BCUT2D eigenvalue weighted by Crippen LogP contribution is 2.38. The lowest BCUT2D eigenvalue weighted by Gasteiger charge is -2.16. The number of aliphatic carboxylic acids is 1. The Bertz CT molecular complexity index is 1250. The standard InChI is InChI=1S/C26H22N2O4S/c1-17-7-11-20(12-8-17)27-26-28(21-13-9-18(2)10-14-21)25(31)23(33-26)15-19-5-3-4-6-22(19)32-16-24(29)30/h3-15H,16H2,1-2H3,(H,29,30)/b23-15+,27-26?. The molecule has 0 aliphatic carbocycles. The van der Waals surface area contributed by atoms with Gasteiger partial charge in [0.2, 0.25) is 0 Å². The van der Waals surface area contributed by atoms with E-state index in [0.29, 0.717) is 21.4 Å². The lowest BCUT2D eigenvalue weighted by molar-refractivity contribution is -0.139. The molecule has 0 atom stereocenters. The van der Waals surface area contributed by atoms with Gasteiger partial charge < -0.3 is 9.84 Å². The number of carboxylic acid groups (broad SMARTS) is 1. The zero-order valence-corrected chi connectivity index (χ0v) is 19.0. The van der Waals surface area contributed by atoms with Gasteiger partial charge in [0, 0.05) is 5.56 Å². The third-order valence-corrected chi connectivity index (χ3v) is 5.88. The van der Waals surface area contributed by atoms with E-state index in [1.54, 1.807) is 29.2 Å². The second kappa shape index (κ2) is 9.75. The summed E-state index contributed by atoms with van der Waals surface area (Å²) in [5.74, 6) is -0.879. The van der Waals surface area contributed by atoms with E-state index in [2.05, 4.69) is 0 Å². The normalized spacial score (nSPS) is 15.9. The van der Waals surface area contributed by atoms with E-state index >= 15 is 0 Å². The number of hydrogen-bond donors (Lipinski definition) is 1. The zero-order chi connectivity index (χ0) is 23.4. The molecule has 33 heavy (non-hydrogen) atoms. The van der Waals surface area contributed by atoms with Gasteiger partial charge >= 0.3 is 5.97 Å². The maximum atomic E-state index is 13.4. The van der Waals surface area contributed by atoms with E-state index in [1.165, 1.54) is 11.8 Å². The van der Waals surface area contributed by atoms with Crippen molar-refractivity contribution in [2.24, 2.45) is 4.99 Å². The zero-order valence-electron chi connectivity index (χ0n) is 18.2. The summed E-state index contributed by atoms with van der Waals surface area (Å²) in [7, 11) is 0. The number of carbonyl (C=O) groups is 2. The first kappa shape index (κ1) is 22.4. The van der Waals surface area contributed by atoms with E-state index < -0.39 is 12.6 Å². The Labute approximate surface area is 196 Å². The third-order valence-electron chi connectivity index (χ3n) is 4.91. The van der Waals surface area contributed by atoms with Crippen LogP contribution in [0.5, 0.6) is 5.75 Å². The smallest absolute Gasteiger partial charge is 0.341 e. The molecule has 1 heterocycles. The third kappa shape index (κ3) is 5.32. The first-order valence-corrected chi connectivity index (χ1v) is 11.1. The Hall–Kier alpha value is -3.84. The lowest BCUT2D eigenvalue weighted by Crippen LogP contribution is -2.28. The van der Waals surface area contributed by atoms with Gasteiger partial charge in [-0.3, -0.25) is 9.69 Å². The SMILES string of the molecule is Cc1ccc(N=C2S/C(=C/c3ccccc3OCC(=O)O)C(=O)N2c2ccc(C)cc2)cc1. The van der Waals surface area contributed by atoms with Gasteiger partial charge in [-0.05, 0) is 62.0 Å². The summed E-state index contributed by atoms with van der Waals surface area (Å²) < 4.78 is 5.39. The fourth-order valence-electron chi connectivity index (χ4n) is 3.21. The molecule has 1 amide bonds. The molecule has 1 fully saturated rings. The largest absolute Gasteiger partial charge is 0.481 e. The molecular weight excluding hydrogens is 436 g/mol. The molecule has 3 aromatic carbocycles. The van der Waals surface area contributed by atoms with Crippen LogP contribution in [0.15, 0.2) is 82.7 Å². The highest BCUT2D eigenvalue weighted by atomic mass is 32.2. The number of nitrogens with zero attached hydrogens (tertiary/aromatic N) is 2. The number of carbonyl (C=O) groups excluding carboxylic acids is 1. The Morgan fingerprint density at radius 3 is 2.30 bits per heavy atom. The Kier molecular flexibility index (Phi) is 6.60. The van der Waals surface area contributed by atoms with Crippen molar-refractivity contribution in [3.8, 4) is 5.75 Å². The summed E-state index contributed by atoms with van der Waals surface area (Å²) in [6, 6.07) is 22.5. The van der Waals surface area contributed by atoms with Crippen LogP contribution in [-0.2, 0) is 9.59 Å². The molecule has 1 saturated heterocycles. The molecule has 0 aromatic heterocycles. The Morgan fingerprint density at radius 1 is 1.00 bits per heavy atom. The topological polar surface area (TPSA) is 79.2 Å². The molecule has 3 aromatic rings. The second-order valence-corrected chi connectivity index (χ2v) is 8.55. The van der Waals surface area contributed by atoms with Gasteiger partial charge in [-0.2, -0.15) is 0 Å². The molecule has 166 valence electrons. The molecule has 6 nitrogen and oxygen atoms in total. The fourth-order valence-corrected chi connectivity index (χ4v) is 4.20. The quantitative estimate of drug-likeness (QED) is 0.488. The van der Waals surface area contributed by atoms with E-state index in [4.69, 9.17) is 14.8 Å². The van der Waals surface area contributed by atoms with Crippen molar-refractivity contribution in [2.75, 3.05) is 11.5 Å². The summed E-state index contributed by atoms with van der Waals surface area (Å²) in [6.07, 6.45) is 1.71. The minimum Gasteiger partial charge on any atom is -0.481 e. The first-order valence-electron chi connectivity index (χ1n) is 10.3. The van der Waals surface area contributed by atoms with Crippen molar-refractivity contribution >= 4 is 46.3 Å². The fraction of sp³-hybridized carbons (Fsp3) is 0.115. The number of aliphatic imine (C=N–C) groups is 1. The molecule has 4 rings (SSSR count). The number of amides is 1. The predicted octanol–water partition coefficient (Wildman–Crippen LogP) is 5.58. The van der Waals surface area contributed by atoms with E-state index in [9.17, 15) is 9.59 Å². The van der Waals surface area contributed by atoms with Gasteiger partial charge in [-0.1, -0.05) is 53.6 Å². The molecule has 7 heteroatoms. The molecular formula is C26H22N2O4S. The minimum absolute atomic E-state index is 0.206. The van der Waals surface area contributed by atoms with Gasteiger partial charge in [-0.15, -0.1) is 0 Å². The van der Waals surface area contributed by atoms with Crippen LogP contribution in [0.1, 0.15) is 16.7 Å². The van der Waals surface area contributed by atoms with Gasteiger partial charge in [-0.25, -0.2) is 9.79 Å². The van der Waals surface area contributed by atoms with E-state index in [-0.39, 0.29) is 5.91 Å². The molecule has 0 spiro atoms. The summed E-state index contributed by atoms with van der Waals surface area (Å²) in [5.41, 5.74) is 4.32. The number of benzene rings is 3. The van der Waals surface area contributed by atoms with Crippen LogP contribution in [0.2, 0.25) is 0 Å². The Balaban J connectivity index is 1.74. The lowest BCUT2D eigenvalue weighted by atomic mass is 10.1. The maximum absolute atomic E-state index is 13.4. The number of para-hydroxylation sites is 1. The van der Waals surface area contributed by atoms with E-state index in [1.807, 2.05) is 68.4 Å². The first-order chi connectivity index (χ1) is 15.9. The Morgan fingerprint density at radius 2 is 1.64 bits per heavy atom. The van der Waals surface area contributed by atoms with Gasteiger partial charge in [0.25, 0.3) is 5.91 Å². The van der Waals surface area contributed by atoms with Crippen molar-refractivity contribution < 1.29 is 19.4 Å². The second-order valence-electron chi connectivity index (χ2n) is 7.54. The monoisotopic (exact) mass is 458 g/mol. The molecule has 1 aliphatic rings. The average Bonchev–Trinajstić information content (AvgIpc) is 3.10. The highest BCUT2D eigenvalue weighted by molar-refractivity contribution is 8.19. The van der Waals surface area contributed by atoms with Crippen LogP contribution in [0, 0.1) is 13.8 Å². The van der Waals surface area contributed by atoms with E-state index in [0.717, 1.165) is 22.5 Å². The molecule has 1 N–H and O–H groups in total. The summed E-state index contributed by atoms with van der Waals surface area (Å²) in [5, 5.41) is 9.49. The maximum Gasteiger partial charge on any atom is 0.341 e. The number of ether oxygens (including phenoxy) is 1. The van der Waals surface area contributed by atoms with Crippen LogP contribution < -0.4 is 9.64 Å². The summed E-state index contributed by atoms with van der Waals surface area (Å²) >= 11 is 1.27. The summed E-state index contributed by atoms with van der Waals surface area (Å²) in [6.45, 7) is 3.54. The number of carboxylic acids is 1. The molecule has 0 saturated carbocycles. The average molecular weight is 459 g/mol. The van der Waals surface area contributed by atoms with Crippen molar-refractivity contribution in [2.45, 2.75) is 13.8 Å². The minimum atomic E-state index is -1.07. The van der Waals surface area contributed by atoms with Crippen molar-refractivity contribution in [3.63, 3.8) is 0 Å². The van der Waals surface area contributed by atoms with Crippen LogP contribution in [0.4, 0.5) is 11.4 Å². The summed E-state index contributed by atoms with van der Waals surface area (Å²) in [4.78, 5) is 31.2. The molecule has 0 radical (unpaired) electrons. The van der Waals surface area contributed by atoms with Crippen LogP contribution in [-0.4, -0.2) is 28.8 Å². The number of thioether (sulfide) groups is 1. The van der Waals surface area contributed by atoms with Crippen LogP contribution >= 0.6 is 11.8 Å². The molecule has 1 aliphatic heterocycles. The highest BCUT2D eigenvalue weighted by Gasteiger charge is 2.35. The van der Waals surface area contributed by atoms with Crippen molar-refractivity contribution in [1.82, 2.24) is 0 Å².